The highest BCUT2D eigenvalue weighted by atomic mass is 19.4. The summed E-state index contributed by atoms with van der Waals surface area (Å²) in [4.78, 5) is 2.23. The highest BCUT2D eigenvalue weighted by molar-refractivity contribution is 5.49. The lowest BCUT2D eigenvalue weighted by molar-refractivity contribution is -0.153. The molecule has 2 aliphatic carbocycles. The van der Waals surface area contributed by atoms with Gasteiger partial charge in [-0.1, -0.05) is 18.2 Å². The number of nitriles is 1. The lowest BCUT2D eigenvalue weighted by Crippen LogP contribution is -2.36. The highest BCUT2D eigenvalue weighted by Crippen LogP contribution is 2.46. The van der Waals surface area contributed by atoms with Crippen molar-refractivity contribution in [2.45, 2.75) is 50.2 Å². The molecule has 3 aliphatic rings. The number of allylic oxidation sites excluding steroid dienone is 2. The molecule has 2 N–H and O–H groups in total. The van der Waals surface area contributed by atoms with E-state index in [4.69, 9.17) is 14.6 Å². The van der Waals surface area contributed by atoms with Gasteiger partial charge in [0.25, 0.3) is 0 Å². The maximum Gasteiger partial charge on any atom is 0.422 e. The number of aliphatic hydroxyl groups is 1. The summed E-state index contributed by atoms with van der Waals surface area (Å²) >= 11 is 0. The smallest absolute Gasteiger partial charge is 0.422 e. The number of hydrogen-bond acceptors (Lipinski definition) is 6. The number of ether oxygens (including phenoxy) is 2. The maximum atomic E-state index is 12.5. The molecule has 190 valence electrons. The molecule has 1 aromatic carbocycles. The molecule has 1 unspecified atom stereocenters. The topological polar surface area (TPSA) is 77.8 Å². The summed E-state index contributed by atoms with van der Waals surface area (Å²) in [6, 6.07) is 8.77. The largest absolute Gasteiger partial charge is 0.488 e. The lowest BCUT2D eigenvalue weighted by Gasteiger charge is -2.28. The number of aliphatic hydroxyl groups excluding tert-OH is 1. The average Bonchev–Trinajstić information content (AvgIpc) is 3.47. The standard InChI is InChI=1S/C26H32F3N3O3/c27-26(28,29)18-35-23-5-2-1-4-22(23)34-13-9-31-25(7-8-25)16-19-14-20-6-11-32(10-3-12-33)24(20)21(15-19)17-30/h1-2,4-5,15,19,31,33H,3,6-14,16,18H2. The molecule has 0 bridgehead atoms. The van der Waals surface area contributed by atoms with Gasteiger partial charge in [0.2, 0.25) is 0 Å². The first-order valence-electron chi connectivity index (χ1n) is 12.2. The molecular formula is C26H32F3N3O3. The van der Waals surface area contributed by atoms with Crippen molar-refractivity contribution in [3.8, 4) is 17.6 Å². The second-order valence-electron chi connectivity index (χ2n) is 9.53. The molecule has 0 amide bonds. The number of hydrogen-bond donors (Lipinski definition) is 2. The zero-order valence-corrected chi connectivity index (χ0v) is 19.7. The lowest BCUT2D eigenvalue weighted by atomic mass is 9.84. The Kier molecular flexibility index (Phi) is 7.92. The zero-order chi connectivity index (χ0) is 24.9. The van der Waals surface area contributed by atoms with Crippen molar-refractivity contribution in [2.24, 2.45) is 5.92 Å². The number of nitrogens with one attached hydrogen (secondary N) is 1. The molecule has 0 spiro atoms. The minimum atomic E-state index is -4.40. The molecule has 4 rings (SSSR count). The van der Waals surface area contributed by atoms with Crippen molar-refractivity contribution in [2.75, 3.05) is 39.5 Å². The van der Waals surface area contributed by atoms with E-state index in [2.05, 4.69) is 22.4 Å². The Morgan fingerprint density at radius 2 is 1.94 bits per heavy atom. The summed E-state index contributed by atoms with van der Waals surface area (Å²) in [5.74, 6) is 0.674. The zero-order valence-electron chi connectivity index (χ0n) is 19.7. The van der Waals surface area contributed by atoms with Crippen LogP contribution in [0.2, 0.25) is 0 Å². The third-order valence-electron chi connectivity index (χ3n) is 6.81. The van der Waals surface area contributed by atoms with Gasteiger partial charge in [-0.2, -0.15) is 18.4 Å². The molecule has 9 heteroatoms. The van der Waals surface area contributed by atoms with Gasteiger partial charge in [-0.3, -0.25) is 0 Å². The molecule has 0 saturated heterocycles. The minimum Gasteiger partial charge on any atom is -0.488 e. The molecule has 1 heterocycles. The molecule has 1 fully saturated rings. The summed E-state index contributed by atoms with van der Waals surface area (Å²) in [6.07, 6.45) is 3.39. The Labute approximate surface area is 204 Å². The van der Waals surface area contributed by atoms with E-state index in [1.807, 2.05) is 0 Å². The van der Waals surface area contributed by atoms with Crippen LogP contribution in [0, 0.1) is 17.2 Å². The average molecular weight is 492 g/mol. The Morgan fingerprint density at radius 1 is 1.20 bits per heavy atom. The Morgan fingerprint density at radius 3 is 2.60 bits per heavy atom. The predicted molar refractivity (Wildman–Crippen MR) is 125 cm³/mol. The van der Waals surface area contributed by atoms with E-state index in [-0.39, 0.29) is 17.9 Å². The number of para-hydroxylation sites is 2. The quantitative estimate of drug-likeness (QED) is 0.424. The summed E-state index contributed by atoms with van der Waals surface area (Å²) in [5.41, 5.74) is 3.20. The van der Waals surface area contributed by atoms with Crippen molar-refractivity contribution >= 4 is 0 Å². The number of benzene rings is 1. The second kappa shape index (κ2) is 10.9. The molecule has 1 atom stereocenters. The third-order valence-corrected chi connectivity index (χ3v) is 6.81. The van der Waals surface area contributed by atoms with Crippen LogP contribution in [-0.4, -0.2) is 61.2 Å². The van der Waals surface area contributed by atoms with E-state index in [1.165, 1.54) is 11.6 Å². The van der Waals surface area contributed by atoms with Gasteiger partial charge in [0.1, 0.15) is 12.7 Å². The van der Waals surface area contributed by atoms with E-state index < -0.39 is 12.8 Å². The van der Waals surface area contributed by atoms with Gasteiger partial charge in [0.15, 0.2) is 18.1 Å². The monoisotopic (exact) mass is 491 g/mol. The van der Waals surface area contributed by atoms with Gasteiger partial charge in [0.05, 0.1) is 11.3 Å². The van der Waals surface area contributed by atoms with Crippen molar-refractivity contribution in [3.63, 3.8) is 0 Å². The van der Waals surface area contributed by atoms with Gasteiger partial charge in [-0.25, -0.2) is 0 Å². The summed E-state index contributed by atoms with van der Waals surface area (Å²) in [5, 5.41) is 22.5. The van der Waals surface area contributed by atoms with Crippen LogP contribution in [0.3, 0.4) is 0 Å². The van der Waals surface area contributed by atoms with Crippen LogP contribution < -0.4 is 14.8 Å². The summed E-state index contributed by atoms with van der Waals surface area (Å²) in [6.45, 7) is 1.36. The summed E-state index contributed by atoms with van der Waals surface area (Å²) < 4.78 is 48.0. The molecule has 0 radical (unpaired) electrons. The minimum absolute atomic E-state index is 0.0185. The fourth-order valence-corrected chi connectivity index (χ4v) is 5.11. The van der Waals surface area contributed by atoms with E-state index in [0.717, 1.165) is 56.5 Å². The maximum absolute atomic E-state index is 12.5. The van der Waals surface area contributed by atoms with Gasteiger partial charge in [-0.15, -0.1) is 0 Å². The summed E-state index contributed by atoms with van der Waals surface area (Å²) in [7, 11) is 0. The molecule has 1 aliphatic heterocycles. The Hall–Kier alpha value is -2.70. The van der Waals surface area contributed by atoms with E-state index >= 15 is 0 Å². The van der Waals surface area contributed by atoms with Gasteiger partial charge >= 0.3 is 6.18 Å². The normalized spacial score (nSPS) is 20.8. The molecule has 0 aromatic heterocycles. The van der Waals surface area contributed by atoms with Crippen molar-refractivity contribution in [1.29, 1.82) is 5.26 Å². The van der Waals surface area contributed by atoms with Crippen LogP contribution in [0.25, 0.3) is 0 Å². The molecule has 1 aromatic rings. The number of rotatable bonds is 12. The van der Waals surface area contributed by atoms with Crippen LogP contribution >= 0.6 is 0 Å². The first-order valence-corrected chi connectivity index (χ1v) is 12.2. The van der Waals surface area contributed by atoms with Crippen LogP contribution in [0.1, 0.15) is 38.5 Å². The molecule has 1 saturated carbocycles. The molecule has 6 nitrogen and oxygen atoms in total. The van der Waals surface area contributed by atoms with Crippen LogP contribution in [0.5, 0.6) is 11.5 Å². The van der Waals surface area contributed by atoms with Crippen molar-refractivity contribution in [1.82, 2.24) is 10.2 Å². The Bertz CT molecular complexity index is 996. The Balaban J connectivity index is 1.27. The van der Waals surface area contributed by atoms with Crippen LogP contribution in [0.15, 0.2) is 47.2 Å². The van der Waals surface area contributed by atoms with Crippen LogP contribution in [-0.2, 0) is 0 Å². The van der Waals surface area contributed by atoms with E-state index in [0.29, 0.717) is 31.2 Å². The highest BCUT2D eigenvalue weighted by Gasteiger charge is 2.44. The van der Waals surface area contributed by atoms with E-state index in [1.54, 1.807) is 18.2 Å². The third kappa shape index (κ3) is 6.71. The van der Waals surface area contributed by atoms with E-state index in [9.17, 15) is 18.4 Å². The number of alkyl halides is 3. The first-order chi connectivity index (χ1) is 16.8. The van der Waals surface area contributed by atoms with Gasteiger partial charge in [0, 0.05) is 31.8 Å². The van der Waals surface area contributed by atoms with Crippen LogP contribution in [0.4, 0.5) is 13.2 Å². The van der Waals surface area contributed by atoms with Crippen molar-refractivity contribution < 1.29 is 27.8 Å². The fourth-order valence-electron chi connectivity index (χ4n) is 5.11. The van der Waals surface area contributed by atoms with Gasteiger partial charge < -0.3 is 24.8 Å². The van der Waals surface area contributed by atoms with Crippen molar-refractivity contribution in [3.05, 3.63) is 47.2 Å². The fraction of sp³-hybridized carbons (Fsp3) is 0.577. The predicted octanol–water partition coefficient (Wildman–Crippen LogP) is 4.33. The number of nitrogens with zero attached hydrogens (tertiary/aromatic N) is 2. The second-order valence-corrected chi connectivity index (χ2v) is 9.53. The van der Waals surface area contributed by atoms with Gasteiger partial charge in [-0.05, 0) is 62.1 Å². The molecular weight excluding hydrogens is 459 g/mol. The SMILES string of the molecule is N#CC1=CC(CC2(NCCOc3ccccc3OCC(F)(F)F)CC2)CC2=C1N(CCCO)CC2. The molecule has 35 heavy (non-hydrogen) atoms. The number of halogens is 3. The first kappa shape index (κ1) is 25.4.